The Hall–Kier alpha value is -2.34. The lowest BCUT2D eigenvalue weighted by Crippen LogP contribution is -2.25. The number of amides is 1. The summed E-state index contributed by atoms with van der Waals surface area (Å²) in [7, 11) is 0. The molecule has 0 aliphatic heterocycles. The van der Waals surface area contributed by atoms with Crippen molar-refractivity contribution in [2.75, 3.05) is 5.75 Å². The zero-order valence-electron chi connectivity index (χ0n) is 13.2. The van der Waals surface area contributed by atoms with Gasteiger partial charge in [0.2, 0.25) is 5.91 Å². The van der Waals surface area contributed by atoms with Crippen molar-refractivity contribution in [2.45, 2.75) is 30.7 Å². The van der Waals surface area contributed by atoms with E-state index in [0.29, 0.717) is 12.3 Å². The van der Waals surface area contributed by atoms with Gasteiger partial charge < -0.3 is 5.32 Å². The van der Waals surface area contributed by atoms with Crippen molar-refractivity contribution < 1.29 is 4.79 Å². The molecule has 24 heavy (non-hydrogen) atoms. The summed E-state index contributed by atoms with van der Waals surface area (Å²) in [6.07, 6.45) is 5.50. The van der Waals surface area contributed by atoms with E-state index in [2.05, 4.69) is 33.7 Å². The minimum atomic E-state index is 0.00757. The first kappa shape index (κ1) is 15.2. The number of benzene rings is 1. The van der Waals surface area contributed by atoms with Gasteiger partial charge in [-0.25, -0.2) is 0 Å². The lowest BCUT2D eigenvalue weighted by Gasteiger charge is -2.06. The van der Waals surface area contributed by atoms with Crippen molar-refractivity contribution >= 4 is 23.3 Å². The van der Waals surface area contributed by atoms with Gasteiger partial charge >= 0.3 is 0 Å². The standard InChI is InChI=1S/C18H18N4OS/c23-18(12-24-15-8-7-13-4-3-5-14(13)10-15)19-11-17-21-20-16-6-1-2-9-22(16)17/h1-2,6-10H,3-5,11-12H2,(H,19,23). The zero-order valence-corrected chi connectivity index (χ0v) is 14.1. The van der Waals surface area contributed by atoms with Gasteiger partial charge in [-0.3, -0.25) is 9.20 Å². The van der Waals surface area contributed by atoms with E-state index in [4.69, 9.17) is 0 Å². The summed E-state index contributed by atoms with van der Waals surface area (Å²) in [5.41, 5.74) is 3.69. The molecule has 1 N–H and O–H groups in total. The van der Waals surface area contributed by atoms with Crippen LogP contribution in [-0.4, -0.2) is 26.3 Å². The summed E-state index contributed by atoms with van der Waals surface area (Å²) >= 11 is 1.58. The maximum atomic E-state index is 12.1. The predicted octanol–water partition coefficient (Wildman–Crippen LogP) is 2.63. The fourth-order valence-corrected chi connectivity index (χ4v) is 3.82. The third-order valence-corrected chi connectivity index (χ3v) is 5.26. The molecule has 2 aromatic heterocycles. The average Bonchev–Trinajstić information content (AvgIpc) is 3.24. The van der Waals surface area contributed by atoms with Crippen LogP contribution in [0, 0.1) is 0 Å². The Kier molecular flexibility index (Phi) is 4.21. The van der Waals surface area contributed by atoms with Crippen molar-refractivity contribution in [2.24, 2.45) is 0 Å². The number of thioether (sulfide) groups is 1. The zero-order chi connectivity index (χ0) is 16.4. The van der Waals surface area contributed by atoms with Gasteiger partial charge in [0, 0.05) is 11.1 Å². The Balaban J connectivity index is 1.32. The van der Waals surface area contributed by atoms with Crippen LogP contribution in [-0.2, 0) is 24.2 Å². The molecule has 0 radical (unpaired) electrons. The minimum Gasteiger partial charge on any atom is -0.348 e. The van der Waals surface area contributed by atoms with Gasteiger partial charge in [-0.2, -0.15) is 0 Å². The topological polar surface area (TPSA) is 59.3 Å². The molecule has 0 bridgehead atoms. The molecule has 0 fully saturated rings. The number of aryl methyl sites for hydroxylation is 2. The molecule has 0 spiro atoms. The van der Waals surface area contributed by atoms with E-state index in [9.17, 15) is 4.79 Å². The number of hydrogen-bond donors (Lipinski definition) is 1. The van der Waals surface area contributed by atoms with Crippen LogP contribution in [0.4, 0.5) is 0 Å². The molecule has 0 unspecified atom stereocenters. The Morgan fingerprint density at radius 1 is 1.17 bits per heavy atom. The van der Waals surface area contributed by atoms with E-state index in [0.717, 1.165) is 17.9 Å². The molecule has 2 heterocycles. The first-order valence-electron chi connectivity index (χ1n) is 8.09. The minimum absolute atomic E-state index is 0.00757. The highest BCUT2D eigenvalue weighted by atomic mass is 32.2. The number of nitrogens with zero attached hydrogens (tertiary/aromatic N) is 3. The van der Waals surface area contributed by atoms with Gasteiger partial charge in [-0.15, -0.1) is 22.0 Å². The molecule has 122 valence electrons. The third-order valence-electron chi connectivity index (χ3n) is 4.27. The first-order valence-corrected chi connectivity index (χ1v) is 9.08. The molecular weight excluding hydrogens is 320 g/mol. The quantitative estimate of drug-likeness (QED) is 0.727. The second kappa shape index (κ2) is 6.65. The number of fused-ring (bicyclic) bond motifs is 2. The number of rotatable bonds is 5. The highest BCUT2D eigenvalue weighted by Crippen LogP contribution is 2.27. The molecule has 0 saturated carbocycles. The molecule has 1 aliphatic rings. The lowest BCUT2D eigenvalue weighted by atomic mass is 10.1. The van der Waals surface area contributed by atoms with Crippen LogP contribution in [0.15, 0.2) is 47.5 Å². The van der Waals surface area contributed by atoms with Gasteiger partial charge in [0.15, 0.2) is 11.5 Å². The number of aromatic nitrogens is 3. The Labute approximate surface area is 144 Å². The second-order valence-corrected chi connectivity index (χ2v) is 6.94. The van der Waals surface area contributed by atoms with E-state index in [-0.39, 0.29) is 5.91 Å². The van der Waals surface area contributed by atoms with Crippen LogP contribution in [0.25, 0.3) is 5.65 Å². The predicted molar refractivity (Wildman–Crippen MR) is 94.0 cm³/mol. The molecule has 3 aromatic rings. The van der Waals surface area contributed by atoms with Crippen LogP contribution >= 0.6 is 11.8 Å². The molecule has 1 aliphatic carbocycles. The van der Waals surface area contributed by atoms with Crippen molar-refractivity contribution in [1.29, 1.82) is 0 Å². The fourth-order valence-electron chi connectivity index (χ4n) is 3.03. The van der Waals surface area contributed by atoms with Crippen LogP contribution < -0.4 is 5.32 Å². The normalized spacial score (nSPS) is 13.2. The molecule has 0 saturated heterocycles. The SMILES string of the molecule is O=C(CSc1ccc2c(c1)CCC2)NCc1nnc2ccccn12. The van der Waals surface area contributed by atoms with Crippen molar-refractivity contribution in [1.82, 2.24) is 19.9 Å². The molecule has 4 rings (SSSR count). The lowest BCUT2D eigenvalue weighted by molar-refractivity contribution is -0.118. The van der Waals surface area contributed by atoms with E-state index in [1.54, 1.807) is 11.8 Å². The van der Waals surface area contributed by atoms with Gasteiger partial charge in [-0.1, -0.05) is 12.1 Å². The second-order valence-electron chi connectivity index (χ2n) is 5.89. The maximum absolute atomic E-state index is 12.1. The molecular formula is C18H18N4OS. The highest BCUT2D eigenvalue weighted by molar-refractivity contribution is 8.00. The monoisotopic (exact) mass is 338 g/mol. The van der Waals surface area contributed by atoms with Crippen molar-refractivity contribution in [3.05, 3.63) is 59.5 Å². The van der Waals surface area contributed by atoms with E-state index in [1.807, 2.05) is 28.8 Å². The number of nitrogens with one attached hydrogen (secondary N) is 1. The molecule has 1 amide bonds. The largest absolute Gasteiger partial charge is 0.348 e. The van der Waals surface area contributed by atoms with E-state index < -0.39 is 0 Å². The van der Waals surface area contributed by atoms with Crippen LogP contribution in [0.5, 0.6) is 0 Å². The summed E-state index contributed by atoms with van der Waals surface area (Å²) < 4.78 is 1.88. The number of carbonyl (C=O) groups excluding carboxylic acids is 1. The smallest absolute Gasteiger partial charge is 0.230 e. The van der Waals surface area contributed by atoms with Gasteiger partial charge in [0.05, 0.1) is 12.3 Å². The summed E-state index contributed by atoms with van der Waals surface area (Å²) in [6, 6.07) is 12.3. The first-order chi connectivity index (χ1) is 11.8. The Morgan fingerprint density at radius 2 is 2.08 bits per heavy atom. The van der Waals surface area contributed by atoms with Crippen molar-refractivity contribution in [3.63, 3.8) is 0 Å². The van der Waals surface area contributed by atoms with Gasteiger partial charge in [0.1, 0.15) is 0 Å². The van der Waals surface area contributed by atoms with Gasteiger partial charge in [-0.05, 0) is 54.7 Å². The molecule has 0 atom stereocenters. The van der Waals surface area contributed by atoms with Gasteiger partial charge in [0.25, 0.3) is 0 Å². The van der Waals surface area contributed by atoms with Crippen molar-refractivity contribution in [3.8, 4) is 0 Å². The molecule has 5 nitrogen and oxygen atoms in total. The highest BCUT2D eigenvalue weighted by Gasteiger charge is 2.12. The molecule has 6 heteroatoms. The number of pyridine rings is 1. The average molecular weight is 338 g/mol. The third kappa shape index (κ3) is 3.14. The fraction of sp³-hybridized carbons (Fsp3) is 0.278. The van der Waals surface area contributed by atoms with Crippen LogP contribution in [0.1, 0.15) is 23.4 Å². The summed E-state index contributed by atoms with van der Waals surface area (Å²) in [4.78, 5) is 13.3. The Bertz CT molecular complexity index is 890. The Morgan fingerprint density at radius 3 is 3.04 bits per heavy atom. The van der Waals surface area contributed by atoms with E-state index >= 15 is 0 Å². The summed E-state index contributed by atoms with van der Waals surface area (Å²) in [6.45, 7) is 0.384. The summed E-state index contributed by atoms with van der Waals surface area (Å²) in [5.74, 6) is 1.16. The maximum Gasteiger partial charge on any atom is 0.230 e. The van der Waals surface area contributed by atoms with Crippen LogP contribution in [0.3, 0.4) is 0 Å². The van der Waals surface area contributed by atoms with E-state index in [1.165, 1.54) is 28.9 Å². The van der Waals surface area contributed by atoms with Crippen LogP contribution in [0.2, 0.25) is 0 Å². The summed E-state index contributed by atoms with van der Waals surface area (Å²) in [5, 5.41) is 11.1. The number of carbonyl (C=O) groups is 1. The number of hydrogen-bond acceptors (Lipinski definition) is 4. The molecule has 1 aromatic carbocycles.